The fraction of sp³-hybridized carbons (Fsp3) is 0.333. The summed E-state index contributed by atoms with van der Waals surface area (Å²) in [6, 6.07) is 5.89. The van der Waals surface area contributed by atoms with Crippen LogP contribution in [0, 0.1) is 0 Å². The van der Waals surface area contributed by atoms with E-state index in [1.54, 1.807) is 0 Å². The van der Waals surface area contributed by atoms with Crippen molar-refractivity contribution in [3.63, 3.8) is 0 Å². The van der Waals surface area contributed by atoms with E-state index in [4.69, 9.17) is 17.4 Å². The van der Waals surface area contributed by atoms with E-state index in [1.165, 1.54) is 0 Å². The summed E-state index contributed by atoms with van der Waals surface area (Å²) in [4.78, 5) is 0. The molecule has 0 fully saturated rings. The molecular weight excluding hydrogens is 288 g/mol. The number of nitrogens with one attached hydrogen (secondary N) is 1. The Kier molecular flexibility index (Phi) is 5.49. The molecule has 1 atom stereocenters. The molecule has 0 saturated heterocycles. The molecule has 16 heavy (non-hydrogen) atoms. The summed E-state index contributed by atoms with van der Waals surface area (Å²) >= 11 is 9.55. The van der Waals surface area contributed by atoms with E-state index in [0.717, 1.165) is 33.5 Å². The normalized spacial score (nSPS) is 12.5. The number of hydrazine groups is 1. The van der Waals surface area contributed by atoms with Crippen LogP contribution in [0.1, 0.15) is 31.4 Å². The summed E-state index contributed by atoms with van der Waals surface area (Å²) < 4.78 is 0.969. The summed E-state index contributed by atoms with van der Waals surface area (Å²) in [6.07, 6.45) is 1.83. The fourth-order valence-electron chi connectivity index (χ4n) is 1.50. The molecule has 4 heteroatoms. The van der Waals surface area contributed by atoms with Crippen molar-refractivity contribution < 1.29 is 0 Å². The van der Waals surface area contributed by atoms with E-state index in [2.05, 4.69) is 27.9 Å². The summed E-state index contributed by atoms with van der Waals surface area (Å²) in [7, 11) is 0. The van der Waals surface area contributed by atoms with Gasteiger partial charge in [0.15, 0.2) is 0 Å². The molecule has 0 aliphatic rings. The van der Waals surface area contributed by atoms with Crippen molar-refractivity contribution in [1.82, 2.24) is 5.43 Å². The topological polar surface area (TPSA) is 38.0 Å². The molecule has 0 aromatic heterocycles. The van der Waals surface area contributed by atoms with Gasteiger partial charge in [0.1, 0.15) is 0 Å². The third-order valence-corrected chi connectivity index (χ3v) is 3.22. The number of hydrogen-bond donors (Lipinski definition) is 2. The van der Waals surface area contributed by atoms with Crippen LogP contribution in [0.3, 0.4) is 0 Å². The van der Waals surface area contributed by atoms with Gasteiger partial charge in [0.25, 0.3) is 0 Å². The van der Waals surface area contributed by atoms with Gasteiger partial charge in [-0.2, -0.15) is 0 Å². The van der Waals surface area contributed by atoms with Crippen LogP contribution in [0.2, 0.25) is 5.02 Å². The minimum Gasteiger partial charge on any atom is -0.271 e. The Labute approximate surface area is 110 Å². The molecule has 0 heterocycles. The first-order valence-corrected chi connectivity index (χ1v) is 6.27. The van der Waals surface area contributed by atoms with Crippen molar-refractivity contribution in [3.05, 3.63) is 45.4 Å². The summed E-state index contributed by atoms with van der Waals surface area (Å²) in [5, 5.41) is 0.721. The third-order valence-electron chi connectivity index (χ3n) is 2.40. The van der Waals surface area contributed by atoms with Crippen LogP contribution in [0.5, 0.6) is 0 Å². The molecule has 3 N–H and O–H groups in total. The SMILES string of the molecule is C=C(C)CCC(NN)c1ccc(Br)cc1Cl. The molecule has 1 aromatic carbocycles. The number of allylic oxidation sites excluding steroid dienone is 1. The first-order valence-electron chi connectivity index (χ1n) is 5.10. The summed E-state index contributed by atoms with van der Waals surface area (Å²) in [5.74, 6) is 5.55. The first-order chi connectivity index (χ1) is 7.54. The smallest absolute Gasteiger partial charge is 0.0477 e. The van der Waals surface area contributed by atoms with Gasteiger partial charge in [-0.1, -0.05) is 39.2 Å². The zero-order chi connectivity index (χ0) is 12.1. The van der Waals surface area contributed by atoms with Crippen LogP contribution in [0.25, 0.3) is 0 Å². The lowest BCUT2D eigenvalue weighted by Crippen LogP contribution is -2.28. The highest BCUT2D eigenvalue weighted by atomic mass is 79.9. The van der Waals surface area contributed by atoms with Crippen LogP contribution in [0.15, 0.2) is 34.8 Å². The predicted molar refractivity (Wildman–Crippen MR) is 73.3 cm³/mol. The van der Waals surface area contributed by atoms with Crippen LogP contribution in [-0.4, -0.2) is 0 Å². The fourth-order valence-corrected chi connectivity index (χ4v) is 2.31. The summed E-state index contributed by atoms with van der Waals surface area (Å²) in [5.41, 5.74) is 4.96. The van der Waals surface area contributed by atoms with Crippen LogP contribution >= 0.6 is 27.5 Å². The first kappa shape index (κ1) is 13.7. The largest absolute Gasteiger partial charge is 0.271 e. The van der Waals surface area contributed by atoms with E-state index in [0.29, 0.717) is 0 Å². The molecule has 0 aliphatic heterocycles. The Morgan fingerprint density at radius 3 is 2.81 bits per heavy atom. The minimum absolute atomic E-state index is 0.0669. The van der Waals surface area contributed by atoms with Gasteiger partial charge in [0.2, 0.25) is 0 Å². The molecule has 0 amide bonds. The highest BCUT2D eigenvalue weighted by Crippen LogP contribution is 2.29. The number of benzene rings is 1. The van der Waals surface area contributed by atoms with Gasteiger partial charge in [-0.15, -0.1) is 6.58 Å². The molecule has 0 spiro atoms. The molecular formula is C12H16BrClN2. The van der Waals surface area contributed by atoms with Gasteiger partial charge in [-0.05, 0) is 37.5 Å². The molecule has 2 nitrogen and oxygen atoms in total. The summed E-state index contributed by atoms with van der Waals surface area (Å²) in [6.45, 7) is 5.89. The molecule has 1 aromatic rings. The van der Waals surface area contributed by atoms with Crippen molar-refractivity contribution >= 4 is 27.5 Å². The Balaban J connectivity index is 2.82. The number of rotatable bonds is 5. The third kappa shape index (κ3) is 3.91. The van der Waals surface area contributed by atoms with Crippen molar-refractivity contribution in [2.75, 3.05) is 0 Å². The minimum atomic E-state index is 0.0669. The quantitative estimate of drug-likeness (QED) is 0.491. The van der Waals surface area contributed by atoms with E-state index < -0.39 is 0 Å². The van der Waals surface area contributed by atoms with Crippen LogP contribution < -0.4 is 11.3 Å². The monoisotopic (exact) mass is 302 g/mol. The van der Waals surface area contributed by atoms with Gasteiger partial charge in [-0.25, -0.2) is 0 Å². The Morgan fingerprint density at radius 1 is 1.62 bits per heavy atom. The zero-order valence-electron chi connectivity index (χ0n) is 9.26. The molecule has 0 aliphatic carbocycles. The molecule has 0 bridgehead atoms. The Morgan fingerprint density at radius 2 is 2.31 bits per heavy atom. The molecule has 1 unspecified atom stereocenters. The van der Waals surface area contributed by atoms with E-state index in [9.17, 15) is 0 Å². The van der Waals surface area contributed by atoms with Crippen LogP contribution in [-0.2, 0) is 0 Å². The molecule has 0 saturated carbocycles. The lowest BCUT2D eigenvalue weighted by Gasteiger charge is -2.17. The molecule has 0 radical (unpaired) electrons. The number of hydrogen-bond acceptors (Lipinski definition) is 2. The van der Waals surface area contributed by atoms with Crippen molar-refractivity contribution in [2.24, 2.45) is 5.84 Å². The van der Waals surface area contributed by atoms with E-state index in [1.807, 2.05) is 25.1 Å². The van der Waals surface area contributed by atoms with E-state index in [-0.39, 0.29) is 6.04 Å². The second-order valence-corrected chi connectivity index (χ2v) is 5.20. The van der Waals surface area contributed by atoms with Gasteiger partial charge >= 0.3 is 0 Å². The number of nitrogens with two attached hydrogens (primary N) is 1. The van der Waals surface area contributed by atoms with Gasteiger partial charge < -0.3 is 0 Å². The van der Waals surface area contributed by atoms with Gasteiger partial charge in [-0.3, -0.25) is 11.3 Å². The average molecular weight is 304 g/mol. The van der Waals surface area contributed by atoms with Crippen molar-refractivity contribution in [1.29, 1.82) is 0 Å². The predicted octanol–water partition coefficient (Wildman–Crippen LogP) is 3.96. The standard InChI is InChI=1S/C12H16BrClN2/c1-8(2)3-6-12(16-15)10-5-4-9(13)7-11(10)14/h4-5,7,12,16H,1,3,6,15H2,2H3. The highest BCUT2D eigenvalue weighted by Gasteiger charge is 2.13. The molecule has 88 valence electrons. The van der Waals surface area contributed by atoms with Crippen molar-refractivity contribution in [3.8, 4) is 0 Å². The lowest BCUT2D eigenvalue weighted by atomic mass is 10.0. The Bertz CT molecular complexity index is 379. The van der Waals surface area contributed by atoms with Crippen molar-refractivity contribution in [2.45, 2.75) is 25.8 Å². The zero-order valence-corrected chi connectivity index (χ0v) is 11.6. The van der Waals surface area contributed by atoms with E-state index >= 15 is 0 Å². The molecule has 1 rings (SSSR count). The highest BCUT2D eigenvalue weighted by molar-refractivity contribution is 9.10. The maximum atomic E-state index is 6.17. The lowest BCUT2D eigenvalue weighted by molar-refractivity contribution is 0.516. The number of halogens is 2. The maximum absolute atomic E-state index is 6.17. The second-order valence-electron chi connectivity index (χ2n) is 3.88. The average Bonchev–Trinajstić information content (AvgIpc) is 2.21. The van der Waals surface area contributed by atoms with Gasteiger partial charge in [0, 0.05) is 15.5 Å². The maximum Gasteiger partial charge on any atom is 0.0477 e. The van der Waals surface area contributed by atoms with Crippen LogP contribution in [0.4, 0.5) is 0 Å². The second kappa shape index (κ2) is 6.40. The Hall–Kier alpha value is -0.350. The van der Waals surface area contributed by atoms with Gasteiger partial charge in [0.05, 0.1) is 0 Å².